The highest BCUT2D eigenvalue weighted by Crippen LogP contribution is 2.40. The van der Waals surface area contributed by atoms with Crippen molar-refractivity contribution in [2.75, 3.05) is 33.4 Å². The molecular formula is C24H28N2O4. The van der Waals surface area contributed by atoms with E-state index in [1.54, 1.807) is 13.2 Å². The average Bonchev–Trinajstić information content (AvgIpc) is 3.29. The monoisotopic (exact) mass is 408 g/mol. The summed E-state index contributed by atoms with van der Waals surface area (Å²) in [5.74, 6) is 1.69. The van der Waals surface area contributed by atoms with Crippen molar-refractivity contribution in [2.45, 2.75) is 25.9 Å². The third-order valence-corrected chi connectivity index (χ3v) is 5.37. The lowest BCUT2D eigenvalue weighted by Gasteiger charge is -2.20. The first-order valence-electron chi connectivity index (χ1n) is 10.4. The molecule has 2 aliphatic heterocycles. The second-order valence-electron chi connectivity index (χ2n) is 7.60. The molecule has 1 amide bonds. The maximum atomic E-state index is 12.2. The predicted molar refractivity (Wildman–Crippen MR) is 116 cm³/mol. The van der Waals surface area contributed by atoms with E-state index >= 15 is 0 Å². The number of nitrogens with zero attached hydrogens (tertiary/aromatic N) is 1. The molecule has 0 atom stereocenters. The second kappa shape index (κ2) is 9.67. The van der Waals surface area contributed by atoms with Gasteiger partial charge < -0.3 is 19.5 Å². The Balaban J connectivity index is 1.30. The summed E-state index contributed by atoms with van der Waals surface area (Å²) in [4.78, 5) is 14.7. The van der Waals surface area contributed by atoms with Crippen LogP contribution in [0.15, 0.2) is 42.5 Å². The van der Waals surface area contributed by atoms with Crippen LogP contribution in [0.25, 0.3) is 6.08 Å². The van der Waals surface area contributed by atoms with Crippen molar-refractivity contribution >= 4 is 12.0 Å². The molecule has 6 heteroatoms. The molecule has 30 heavy (non-hydrogen) atoms. The number of rotatable bonds is 7. The summed E-state index contributed by atoms with van der Waals surface area (Å²) in [5.41, 5.74) is 3.22. The molecule has 4 rings (SSSR count). The van der Waals surface area contributed by atoms with Gasteiger partial charge in [-0.25, -0.2) is 0 Å². The van der Waals surface area contributed by atoms with Crippen LogP contribution in [0.5, 0.6) is 17.2 Å². The maximum absolute atomic E-state index is 12.2. The molecule has 2 aromatic rings. The van der Waals surface area contributed by atoms with Gasteiger partial charge in [-0.05, 0) is 60.8 Å². The molecule has 0 bridgehead atoms. The predicted octanol–water partition coefficient (Wildman–Crippen LogP) is 3.39. The number of amides is 1. The summed E-state index contributed by atoms with van der Waals surface area (Å²) < 4.78 is 16.6. The average molecular weight is 408 g/mol. The molecule has 1 fully saturated rings. The van der Waals surface area contributed by atoms with E-state index in [0.717, 1.165) is 17.7 Å². The largest absolute Gasteiger partial charge is 0.493 e. The van der Waals surface area contributed by atoms with Crippen molar-refractivity contribution in [1.82, 2.24) is 10.2 Å². The molecule has 2 aliphatic rings. The van der Waals surface area contributed by atoms with Crippen LogP contribution >= 0.6 is 0 Å². The van der Waals surface area contributed by atoms with E-state index < -0.39 is 0 Å². The van der Waals surface area contributed by atoms with Crippen LogP contribution in [0, 0.1) is 0 Å². The van der Waals surface area contributed by atoms with Crippen molar-refractivity contribution in [3.05, 3.63) is 59.2 Å². The van der Waals surface area contributed by atoms with E-state index in [-0.39, 0.29) is 5.91 Å². The molecule has 2 aromatic carbocycles. The first kappa shape index (κ1) is 20.3. The number of hydrogen-bond acceptors (Lipinski definition) is 5. The van der Waals surface area contributed by atoms with E-state index in [1.165, 1.54) is 37.6 Å². The van der Waals surface area contributed by atoms with Gasteiger partial charge in [0.25, 0.3) is 0 Å². The Bertz CT molecular complexity index is 885. The number of carbonyl (C=O) groups excluding carboxylic acids is 1. The third kappa shape index (κ3) is 5.13. The van der Waals surface area contributed by atoms with Gasteiger partial charge in [-0.15, -0.1) is 0 Å². The topological polar surface area (TPSA) is 60.0 Å². The van der Waals surface area contributed by atoms with Crippen molar-refractivity contribution in [3.8, 4) is 17.2 Å². The zero-order chi connectivity index (χ0) is 20.8. The van der Waals surface area contributed by atoms with Crippen LogP contribution in [0.3, 0.4) is 0 Å². The number of carbonyl (C=O) groups is 1. The minimum atomic E-state index is -0.148. The zero-order valence-electron chi connectivity index (χ0n) is 17.4. The molecule has 1 N–H and O–H groups in total. The van der Waals surface area contributed by atoms with Crippen LogP contribution in [-0.4, -0.2) is 44.2 Å². The van der Waals surface area contributed by atoms with E-state index in [4.69, 9.17) is 14.2 Å². The normalized spacial score (nSPS) is 16.0. The summed E-state index contributed by atoms with van der Waals surface area (Å²) in [6.07, 6.45) is 5.87. The smallest absolute Gasteiger partial charge is 0.244 e. The molecule has 0 aromatic heterocycles. The van der Waals surface area contributed by atoms with E-state index in [1.807, 2.05) is 12.1 Å². The lowest BCUT2D eigenvalue weighted by molar-refractivity contribution is -0.116. The van der Waals surface area contributed by atoms with Gasteiger partial charge in [-0.2, -0.15) is 0 Å². The molecule has 0 spiro atoms. The summed E-state index contributed by atoms with van der Waals surface area (Å²) in [5, 5.41) is 2.93. The lowest BCUT2D eigenvalue weighted by Crippen LogP contribution is -2.20. The molecule has 6 nitrogen and oxygen atoms in total. The molecule has 0 radical (unpaired) electrons. The summed E-state index contributed by atoms with van der Waals surface area (Å²) in [7, 11) is 1.59. The third-order valence-electron chi connectivity index (χ3n) is 5.37. The number of likely N-dealkylation sites (tertiary alicyclic amines) is 1. The highest BCUT2D eigenvalue weighted by molar-refractivity contribution is 5.91. The lowest BCUT2D eigenvalue weighted by atomic mass is 10.1. The van der Waals surface area contributed by atoms with Gasteiger partial charge in [0.05, 0.1) is 7.11 Å². The Morgan fingerprint density at radius 1 is 1.10 bits per heavy atom. The maximum Gasteiger partial charge on any atom is 0.244 e. The SMILES string of the molecule is COc1cc(/C=C/C(=O)NCc2ccc(CN3CCCC3)cc2)cc2c1OCCO2. The standard InChI is InChI=1S/C24H28N2O4/c1-28-21-14-20(15-22-24(21)30-13-12-29-22)8-9-23(27)25-16-18-4-6-19(7-5-18)17-26-10-2-3-11-26/h4-9,14-15H,2-3,10-13,16-17H2,1H3,(H,25,27)/b9-8+. The fourth-order valence-electron chi connectivity index (χ4n) is 3.77. The quantitative estimate of drug-likeness (QED) is 0.712. The summed E-state index contributed by atoms with van der Waals surface area (Å²) in [6, 6.07) is 12.1. The van der Waals surface area contributed by atoms with Gasteiger partial charge >= 0.3 is 0 Å². The highest BCUT2D eigenvalue weighted by atomic mass is 16.6. The van der Waals surface area contributed by atoms with Crippen LogP contribution in [0.4, 0.5) is 0 Å². The molecular weight excluding hydrogens is 380 g/mol. The van der Waals surface area contributed by atoms with Crippen molar-refractivity contribution < 1.29 is 19.0 Å². The van der Waals surface area contributed by atoms with Gasteiger partial charge in [-0.3, -0.25) is 9.69 Å². The number of methoxy groups -OCH3 is 1. The molecule has 0 aliphatic carbocycles. The molecule has 2 heterocycles. The highest BCUT2D eigenvalue weighted by Gasteiger charge is 2.17. The molecule has 158 valence electrons. The van der Waals surface area contributed by atoms with Crippen LogP contribution < -0.4 is 19.5 Å². The van der Waals surface area contributed by atoms with Crippen LogP contribution in [0.1, 0.15) is 29.5 Å². The minimum absolute atomic E-state index is 0.148. The Morgan fingerprint density at radius 3 is 2.60 bits per heavy atom. The molecule has 1 saturated heterocycles. The molecule has 0 saturated carbocycles. The zero-order valence-corrected chi connectivity index (χ0v) is 17.4. The van der Waals surface area contributed by atoms with E-state index in [0.29, 0.717) is 37.0 Å². The Morgan fingerprint density at radius 2 is 1.83 bits per heavy atom. The summed E-state index contributed by atoms with van der Waals surface area (Å²) >= 11 is 0. The Hall–Kier alpha value is -2.99. The fourth-order valence-corrected chi connectivity index (χ4v) is 3.77. The first-order valence-corrected chi connectivity index (χ1v) is 10.4. The number of hydrogen-bond donors (Lipinski definition) is 1. The number of nitrogens with one attached hydrogen (secondary N) is 1. The van der Waals surface area contributed by atoms with E-state index in [9.17, 15) is 4.79 Å². The van der Waals surface area contributed by atoms with Crippen molar-refractivity contribution in [1.29, 1.82) is 0 Å². The van der Waals surface area contributed by atoms with E-state index in [2.05, 4.69) is 34.5 Å². The molecule has 0 unspecified atom stereocenters. The van der Waals surface area contributed by atoms with Gasteiger partial charge in [0.2, 0.25) is 11.7 Å². The van der Waals surface area contributed by atoms with Crippen molar-refractivity contribution in [2.24, 2.45) is 0 Å². The number of benzene rings is 2. The Labute approximate surface area is 177 Å². The first-order chi connectivity index (χ1) is 14.7. The fraction of sp³-hybridized carbons (Fsp3) is 0.375. The van der Waals surface area contributed by atoms with Gasteiger partial charge in [-0.1, -0.05) is 24.3 Å². The Kier molecular flexibility index (Phi) is 6.54. The van der Waals surface area contributed by atoms with Gasteiger partial charge in [0.15, 0.2) is 11.5 Å². The number of fused-ring (bicyclic) bond motifs is 1. The van der Waals surface area contributed by atoms with Gasteiger partial charge in [0.1, 0.15) is 13.2 Å². The summed E-state index contributed by atoms with van der Waals surface area (Å²) in [6.45, 7) is 4.89. The van der Waals surface area contributed by atoms with Crippen molar-refractivity contribution in [3.63, 3.8) is 0 Å². The van der Waals surface area contributed by atoms with Crippen LogP contribution in [0.2, 0.25) is 0 Å². The van der Waals surface area contributed by atoms with Gasteiger partial charge in [0, 0.05) is 19.2 Å². The second-order valence-corrected chi connectivity index (χ2v) is 7.60. The number of ether oxygens (including phenoxy) is 3. The minimum Gasteiger partial charge on any atom is -0.493 e. The van der Waals surface area contributed by atoms with Crippen LogP contribution in [-0.2, 0) is 17.9 Å².